The molecule has 4 heterocycles. The lowest BCUT2D eigenvalue weighted by Gasteiger charge is -2.49. The van der Waals surface area contributed by atoms with Crippen LogP contribution in [0.1, 0.15) is 5.01 Å². The molecule has 2 atom stereocenters. The number of para-hydroxylation sites is 1. The Balaban J connectivity index is 1.50. The number of hydrogen-bond acceptors (Lipinski definition) is 5. The first-order valence-corrected chi connectivity index (χ1v) is 8.10. The van der Waals surface area contributed by atoms with E-state index in [-0.39, 0.29) is 12.1 Å². The number of hydrogen-bond donors (Lipinski definition) is 1. The standard InChI is InChI=1S/C15H19N3OS/c19-13(12-10-17-5-7-18(12)8-6-17)9-15-16-11-3-1-2-4-14(11)20-15/h1-4,12-13,19H,5-10H2. The summed E-state index contributed by atoms with van der Waals surface area (Å²) in [4.78, 5) is 9.54. The van der Waals surface area contributed by atoms with Crippen molar-refractivity contribution in [1.29, 1.82) is 0 Å². The molecule has 5 heteroatoms. The summed E-state index contributed by atoms with van der Waals surface area (Å²) >= 11 is 1.71. The molecule has 1 aromatic carbocycles. The molecule has 3 aliphatic heterocycles. The molecule has 1 aromatic heterocycles. The molecule has 0 spiro atoms. The zero-order valence-electron chi connectivity index (χ0n) is 11.4. The van der Waals surface area contributed by atoms with Crippen molar-refractivity contribution in [2.45, 2.75) is 18.6 Å². The van der Waals surface area contributed by atoms with Gasteiger partial charge in [0.1, 0.15) is 0 Å². The number of benzene rings is 1. The zero-order chi connectivity index (χ0) is 13.5. The lowest BCUT2D eigenvalue weighted by atomic mass is 10.0. The molecule has 3 saturated heterocycles. The Labute approximate surface area is 122 Å². The molecule has 5 rings (SSSR count). The highest BCUT2D eigenvalue weighted by Gasteiger charge is 2.36. The first kappa shape index (κ1) is 12.7. The van der Waals surface area contributed by atoms with E-state index in [2.05, 4.69) is 20.9 Å². The molecule has 2 bridgehead atoms. The van der Waals surface area contributed by atoms with Gasteiger partial charge >= 0.3 is 0 Å². The van der Waals surface area contributed by atoms with Gasteiger partial charge in [-0.2, -0.15) is 0 Å². The summed E-state index contributed by atoms with van der Waals surface area (Å²) in [6, 6.07) is 8.48. The fourth-order valence-corrected chi connectivity index (χ4v) is 4.36. The van der Waals surface area contributed by atoms with Crippen LogP contribution in [0.3, 0.4) is 0 Å². The molecular weight excluding hydrogens is 270 g/mol. The van der Waals surface area contributed by atoms with Gasteiger partial charge in [-0.1, -0.05) is 12.1 Å². The minimum absolute atomic E-state index is 0.282. The van der Waals surface area contributed by atoms with Gasteiger partial charge in [0.25, 0.3) is 0 Å². The summed E-state index contributed by atoms with van der Waals surface area (Å²) in [7, 11) is 0. The number of fused-ring (bicyclic) bond motifs is 4. The summed E-state index contributed by atoms with van der Waals surface area (Å²) in [5.74, 6) is 0. The molecule has 1 N–H and O–H groups in total. The number of thiazole rings is 1. The van der Waals surface area contributed by atoms with Crippen LogP contribution < -0.4 is 0 Å². The number of nitrogens with zero attached hydrogens (tertiary/aromatic N) is 3. The second-order valence-corrected chi connectivity index (χ2v) is 6.87. The molecule has 2 aromatic rings. The molecule has 4 nitrogen and oxygen atoms in total. The van der Waals surface area contributed by atoms with Crippen LogP contribution in [-0.4, -0.2) is 64.8 Å². The third kappa shape index (κ3) is 2.24. The van der Waals surface area contributed by atoms with Gasteiger partial charge < -0.3 is 5.11 Å². The minimum Gasteiger partial charge on any atom is -0.391 e. The van der Waals surface area contributed by atoms with Crippen LogP contribution in [0.4, 0.5) is 0 Å². The lowest BCUT2D eigenvalue weighted by molar-refractivity contribution is -0.0453. The highest BCUT2D eigenvalue weighted by atomic mass is 32.1. The smallest absolute Gasteiger partial charge is 0.0965 e. The van der Waals surface area contributed by atoms with Crippen molar-refractivity contribution in [3.63, 3.8) is 0 Å². The number of rotatable bonds is 3. The molecule has 3 aliphatic rings. The summed E-state index contributed by atoms with van der Waals surface area (Å²) < 4.78 is 1.21. The lowest BCUT2D eigenvalue weighted by Crippen LogP contribution is -2.64. The monoisotopic (exact) mass is 289 g/mol. The Kier molecular flexibility index (Phi) is 3.22. The van der Waals surface area contributed by atoms with Crippen molar-refractivity contribution < 1.29 is 5.11 Å². The fraction of sp³-hybridized carbons (Fsp3) is 0.533. The van der Waals surface area contributed by atoms with Gasteiger partial charge in [0, 0.05) is 45.2 Å². The number of piperazine rings is 3. The van der Waals surface area contributed by atoms with Crippen molar-refractivity contribution in [1.82, 2.24) is 14.8 Å². The summed E-state index contributed by atoms with van der Waals surface area (Å²) in [6.45, 7) is 5.52. The molecule has 20 heavy (non-hydrogen) atoms. The predicted molar refractivity (Wildman–Crippen MR) is 81.1 cm³/mol. The molecule has 0 saturated carbocycles. The third-order valence-corrected chi connectivity index (χ3v) is 5.55. The van der Waals surface area contributed by atoms with Gasteiger partial charge in [-0.05, 0) is 12.1 Å². The maximum absolute atomic E-state index is 10.6. The van der Waals surface area contributed by atoms with Crippen LogP contribution in [0.15, 0.2) is 24.3 Å². The maximum Gasteiger partial charge on any atom is 0.0965 e. The Morgan fingerprint density at radius 1 is 1.25 bits per heavy atom. The first-order valence-electron chi connectivity index (χ1n) is 7.28. The number of aromatic nitrogens is 1. The Bertz CT molecular complexity index is 573. The van der Waals surface area contributed by atoms with Crippen LogP contribution in [0.2, 0.25) is 0 Å². The quantitative estimate of drug-likeness (QED) is 0.922. The molecule has 0 aliphatic carbocycles. The molecule has 106 valence electrons. The number of aliphatic hydroxyl groups is 1. The van der Waals surface area contributed by atoms with E-state index >= 15 is 0 Å². The van der Waals surface area contributed by atoms with Gasteiger partial charge in [-0.15, -0.1) is 11.3 Å². The second kappa shape index (κ2) is 5.07. The van der Waals surface area contributed by atoms with E-state index < -0.39 is 0 Å². The van der Waals surface area contributed by atoms with Crippen LogP contribution in [0.25, 0.3) is 10.2 Å². The average molecular weight is 289 g/mol. The Hall–Kier alpha value is -1.01. The van der Waals surface area contributed by atoms with Crippen molar-refractivity contribution in [3.8, 4) is 0 Å². The van der Waals surface area contributed by atoms with Crippen molar-refractivity contribution in [3.05, 3.63) is 29.3 Å². The second-order valence-electron chi connectivity index (χ2n) is 5.75. The van der Waals surface area contributed by atoms with Crippen LogP contribution in [0.5, 0.6) is 0 Å². The van der Waals surface area contributed by atoms with Crippen LogP contribution >= 0.6 is 11.3 Å². The maximum atomic E-state index is 10.6. The average Bonchev–Trinajstić information content (AvgIpc) is 2.90. The topological polar surface area (TPSA) is 39.6 Å². The SMILES string of the molecule is OC(Cc1nc2ccccc2s1)C1CN2CCN1CC2. The van der Waals surface area contributed by atoms with Gasteiger partial charge in [0.05, 0.1) is 21.3 Å². The molecule has 0 amide bonds. The van der Waals surface area contributed by atoms with Crippen molar-refractivity contribution >= 4 is 21.6 Å². The van der Waals surface area contributed by atoms with Gasteiger partial charge in [-0.3, -0.25) is 9.80 Å². The Morgan fingerprint density at radius 3 is 2.75 bits per heavy atom. The summed E-state index contributed by atoms with van der Waals surface area (Å²) in [6.07, 6.45) is 0.368. The van der Waals surface area contributed by atoms with Gasteiger partial charge in [-0.25, -0.2) is 4.98 Å². The van der Waals surface area contributed by atoms with E-state index in [1.165, 1.54) is 4.70 Å². The Morgan fingerprint density at radius 2 is 2.05 bits per heavy atom. The van der Waals surface area contributed by atoms with Crippen molar-refractivity contribution in [2.75, 3.05) is 32.7 Å². The predicted octanol–water partition coefficient (Wildman–Crippen LogP) is 1.20. The third-order valence-electron chi connectivity index (χ3n) is 4.49. The summed E-state index contributed by atoms with van der Waals surface area (Å²) in [5.41, 5.74) is 1.05. The molecular formula is C15H19N3OS. The molecule has 3 fully saturated rings. The van der Waals surface area contributed by atoms with E-state index in [0.717, 1.165) is 43.2 Å². The minimum atomic E-state index is -0.307. The normalized spacial score (nSPS) is 30.8. The fourth-order valence-electron chi connectivity index (χ4n) is 3.34. The summed E-state index contributed by atoms with van der Waals surface area (Å²) in [5, 5.41) is 11.6. The zero-order valence-corrected chi connectivity index (χ0v) is 12.2. The van der Waals surface area contributed by atoms with E-state index in [9.17, 15) is 5.11 Å². The highest BCUT2D eigenvalue weighted by molar-refractivity contribution is 7.18. The molecule has 2 unspecified atom stereocenters. The van der Waals surface area contributed by atoms with Crippen LogP contribution in [-0.2, 0) is 6.42 Å². The highest BCUT2D eigenvalue weighted by Crippen LogP contribution is 2.25. The van der Waals surface area contributed by atoms with Gasteiger partial charge in [0.2, 0.25) is 0 Å². The van der Waals surface area contributed by atoms with E-state index in [4.69, 9.17) is 0 Å². The van der Waals surface area contributed by atoms with Gasteiger partial charge in [0.15, 0.2) is 0 Å². The largest absolute Gasteiger partial charge is 0.391 e. The van der Waals surface area contributed by atoms with E-state index in [0.29, 0.717) is 6.42 Å². The van der Waals surface area contributed by atoms with E-state index in [1.54, 1.807) is 11.3 Å². The molecule has 0 radical (unpaired) electrons. The number of aliphatic hydroxyl groups excluding tert-OH is 1. The van der Waals surface area contributed by atoms with E-state index in [1.807, 2.05) is 18.2 Å². The van der Waals surface area contributed by atoms with Crippen molar-refractivity contribution in [2.24, 2.45) is 0 Å². The first-order chi connectivity index (χ1) is 9.79. The van der Waals surface area contributed by atoms with Crippen LogP contribution in [0, 0.1) is 0 Å².